The molecule has 0 saturated carbocycles. The zero-order valence-electron chi connectivity index (χ0n) is 38.6. The third-order valence-corrected chi connectivity index (χ3v) is 14.1. The van der Waals surface area contributed by atoms with Crippen molar-refractivity contribution in [3.63, 3.8) is 0 Å². The van der Waals surface area contributed by atoms with Crippen LogP contribution in [-0.2, 0) is 0 Å². The van der Waals surface area contributed by atoms with Gasteiger partial charge in [-0.15, -0.1) is 0 Å². The van der Waals surface area contributed by atoms with Gasteiger partial charge in [0.25, 0.3) is 0 Å². The molecule has 0 N–H and O–H groups in total. The second-order valence-electron chi connectivity index (χ2n) is 18.5. The van der Waals surface area contributed by atoms with E-state index in [2.05, 4.69) is 279 Å². The highest BCUT2D eigenvalue weighted by molar-refractivity contribution is 6.14. The minimum Gasteiger partial charge on any atom is -0.0622 e. The molecule has 0 aliphatic heterocycles. The average Bonchev–Trinajstić information content (AvgIpc) is 3.90. The van der Waals surface area contributed by atoms with E-state index in [4.69, 9.17) is 0 Å². The van der Waals surface area contributed by atoms with Gasteiger partial charge in [-0.3, -0.25) is 0 Å². The lowest BCUT2D eigenvalue weighted by Gasteiger charge is -2.13. The molecule has 0 radical (unpaired) electrons. The molecule has 0 bridgehead atoms. The summed E-state index contributed by atoms with van der Waals surface area (Å²) in [5.74, 6) is 0. The summed E-state index contributed by atoms with van der Waals surface area (Å²) in [5.41, 5.74) is 29.4. The van der Waals surface area contributed by atoms with Crippen molar-refractivity contribution in [2.75, 3.05) is 0 Å². The summed E-state index contributed by atoms with van der Waals surface area (Å²) in [4.78, 5) is 0. The summed E-state index contributed by atoms with van der Waals surface area (Å²) < 4.78 is 0. The Kier molecular flexibility index (Phi) is 10.3. The van der Waals surface area contributed by atoms with Crippen LogP contribution < -0.4 is 0 Å². The number of fused-ring (bicyclic) bond motifs is 6. The molecule has 0 atom stereocenters. The monoisotopic (exact) mass is 886 g/mol. The Labute approximate surface area is 410 Å². The molecule has 70 heavy (non-hydrogen) atoms. The molecule has 11 aromatic carbocycles. The third-order valence-electron chi connectivity index (χ3n) is 14.1. The molecule has 0 saturated heterocycles. The molecule has 0 aromatic heterocycles. The van der Waals surface area contributed by atoms with Gasteiger partial charge in [-0.1, -0.05) is 206 Å². The van der Waals surface area contributed by atoms with Gasteiger partial charge in [0.15, 0.2) is 0 Å². The van der Waals surface area contributed by atoms with E-state index in [0.717, 1.165) is 0 Å². The lowest BCUT2D eigenvalue weighted by Crippen LogP contribution is -1.88. The maximum Gasteiger partial charge on any atom is -0.00921 e. The number of hydrogen-bond acceptors (Lipinski definition) is 0. The summed E-state index contributed by atoms with van der Waals surface area (Å²) in [6.07, 6.45) is 4.78. The van der Waals surface area contributed by atoms with E-state index < -0.39 is 0 Å². The molecule has 0 heteroatoms. The minimum atomic E-state index is 1.18. The van der Waals surface area contributed by atoms with Gasteiger partial charge in [-0.05, 0) is 206 Å². The third kappa shape index (κ3) is 7.63. The maximum atomic E-state index is 2.48. The molecule has 0 spiro atoms. The highest BCUT2D eigenvalue weighted by atomic mass is 14.3. The van der Waals surface area contributed by atoms with Crippen molar-refractivity contribution in [1.29, 1.82) is 0 Å². The Morgan fingerprint density at radius 2 is 0.414 bits per heavy atom. The van der Waals surface area contributed by atoms with Crippen LogP contribution in [-0.4, -0.2) is 0 Å². The quantitative estimate of drug-likeness (QED) is 0.143. The second kappa shape index (κ2) is 17.5. The smallest absolute Gasteiger partial charge is 0.00921 e. The molecule has 0 amide bonds. The van der Waals surface area contributed by atoms with Crippen molar-refractivity contribution in [3.05, 3.63) is 300 Å². The van der Waals surface area contributed by atoms with Crippen molar-refractivity contribution in [3.8, 4) is 89.0 Å². The van der Waals surface area contributed by atoms with Crippen LogP contribution in [0.25, 0.3) is 112 Å². The molecule has 0 nitrogen and oxygen atoms in total. The van der Waals surface area contributed by atoms with Gasteiger partial charge in [0.2, 0.25) is 0 Å². The van der Waals surface area contributed by atoms with Crippen LogP contribution in [0, 0.1) is 0 Å². The maximum absolute atomic E-state index is 2.48. The van der Waals surface area contributed by atoms with Gasteiger partial charge in [-0.2, -0.15) is 0 Å². The van der Waals surface area contributed by atoms with Gasteiger partial charge < -0.3 is 0 Å². The Morgan fingerprint density at radius 1 is 0.157 bits per heavy atom. The lowest BCUT2D eigenvalue weighted by molar-refractivity contribution is 1.56. The molecule has 2 aliphatic carbocycles. The average molecular weight is 887 g/mol. The van der Waals surface area contributed by atoms with Crippen molar-refractivity contribution in [2.45, 2.75) is 0 Å². The van der Waals surface area contributed by atoms with Crippen LogP contribution in [0.4, 0.5) is 0 Å². The predicted molar refractivity (Wildman–Crippen MR) is 297 cm³/mol. The van der Waals surface area contributed by atoms with E-state index in [1.807, 2.05) is 0 Å². The van der Waals surface area contributed by atoms with Crippen LogP contribution in [0.1, 0.15) is 33.4 Å². The first kappa shape index (κ1) is 41.1. The molecule has 326 valence electrons. The molecular weight excluding hydrogens is 841 g/mol. The molecular formula is C70H46. The van der Waals surface area contributed by atoms with E-state index in [-0.39, 0.29) is 0 Å². The van der Waals surface area contributed by atoms with Gasteiger partial charge in [0.05, 0.1) is 0 Å². The fraction of sp³-hybridized carbons (Fsp3) is 0. The summed E-state index contributed by atoms with van der Waals surface area (Å²) in [5, 5.41) is 0. The van der Waals surface area contributed by atoms with Gasteiger partial charge in [0.1, 0.15) is 0 Å². The zero-order valence-corrected chi connectivity index (χ0v) is 38.6. The first-order valence-electron chi connectivity index (χ1n) is 24.2. The molecule has 13 rings (SSSR count). The molecule has 2 aliphatic rings. The Bertz CT molecular complexity index is 3440. The Morgan fingerprint density at radius 3 is 0.714 bits per heavy atom. The van der Waals surface area contributed by atoms with E-state index in [9.17, 15) is 0 Å². The van der Waals surface area contributed by atoms with Crippen LogP contribution >= 0.6 is 0 Å². The van der Waals surface area contributed by atoms with Crippen molar-refractivity contribution in [2.24, 2.45) is 0 Å². The summed E-state index contributed by atoms with van der Waals surface area (Å²) in [6.45, 7) is 0. The van der Waals surface area contributed by atoms with Crippen LogP contribution in [0.2, 0.25) is 0 Å². The van der Waals surface area contributed by atoms with Crippen molar-refractivity contribution < 1.29 is 0 Å². The first-order valence-corrected chi connectivity index (χ1v) is 24.2. The van der Waals surface area contributed by atoms with E-state index in [1.54, 1.807) is 0 Å². The standard InChI is InChI=1S/C70H46/c1-7-19-47(20-8-1)35-63-65-43-53(59-39-55(49-23-11-3-12-24-49)37-56(40-59)50-25-13-4-14-26-50)31-33-61(65)67-46-70-64(36-48-21-9-2-10-22-48)66-44-54(32-34-62(66)68(70)45-69(63)67)60-41-57(51-27-15-5-16-28-51)38-58(42-60)52-29-17-6-18-30-52/h1-46H. The van der Waals surface area contributed by atoms with E-state index >= 15 is 0 Å². The Hall–Kier alpha value is -9.10. The summed E-state index contributed by atoms with van der Waals surface area (Å²) >= 11 is 0. The van der Waals surface area contributed by atoms with Gasteiger partial charge >= 0.3 is 0 Å². The number of rotatable bonds is 8. The SMILES string of the molecule is C(=C1c2cc(-c3cc(-c4ccccc4)cc(-c4ccccc4)c3)ccc2-c2cc3c(cc21)-c1ccc(-c2cc(-c4ccccc4)cc(-c4ccccc4)c2)cc1C3=Cc1ccccc1)c1ccccc1. The summed E-state index contributed by atoms with van der Waals surface area (Å²) in [7, 11) is 0. The van der Waals surface area contributed by atoms with Crippen molar-refractivity contribution >= 4 is 23.3 Å². The second-order valence-corrected chi connectivity index (χ2v) is 18.5. The van der Waals surface area contributed by atoms with E-state index in [1.165, 1.54) is 134 Å². The zero-order chi connectivity index (χ0) is 46.4. The Balaban J connectivity index is 0.978. The largest absolute Gasteiger partial charge is 0.0622 e. The number of benzene rings is 11. The minimum absolute atomic E-state index is 1.18. The highest BCUT2D eigenvalue weighted by Gasteiger charge is 2.31. The fourth-order valence-corrected chi connectivity index (χ4v) is 10.7. The summed E-state index contributed by atoms with van der Waals surface area (Å²) in [6, 6.07) is 97.9. The predicted octanol–water partition coefficient (Wildman–Crippen LogP) is 18.8. The van der Waals surface area contributed by atoms with Gasteiger partial charge in [0, 0.05) is 0 Å². The molecule has 0 heterocycles. The van der Waals surface area contributed by atoms with Crippen molar-refractivity contribution in [1.82, 2.24) is 0 Å². The molecule has 11 aromatic rings. The molecule has 0 fully saturated rings. The van der Waals surface area contributed by atoms with E-state index in [0.29, 0.717) is 0 Å². The highest BCUT2D eigenvalue weighted by Crippen LogP contribution is 2.54. The molecule has 0 unspecified atom stereocenters. The fourth-order valence-electron chi connectivity index (χ4n) is 10.7. The van der Waals surface area contributed by atoms with Crippen LogP contribution in [0.3, 0.4) is 0 Å². The van der Waals surface area contributed by atoms with Crippen LogP contribution in [0.15, 0.2) is 267 Å². The number of hydrogen-bond donors (Lipinski definition) is 0. The topological polar surface area (TPSA) is 0 Å². The first-order chi connectivity index (χ1) is 34.7. The van der Waals surface area contributed by atoms with Crippen LogP contribution in [0.5, 0.6) is 0 Å². The lowest BCUT2D eigenvalue weighted by atomic mass is 9.91. The van der Waals surface area contributed by atoms with Gasteiger partial charge in [-0.25, -0.2) is 0 Å². The normalized spacial score (nSPS) is 13.2.